The van der Waals surface area contributed by atoms with Crippen LogP contribution in [0.15, 0.2) is 29.4 Å². The average Bonchev–Trinajstić information content (AvgIpc) is 2.56. The van der Waals surface area contributed by atoms with Gasteiger partial charge in [0.2, 0.25) is 10.0 Å². The maximum absolute atomic E-state index is 13.5. The van der Waals surface area contributed by atoms with E-state index in [0.29, 0.717) is 19.2 Å². The highest BCUT2D eigenvalue weighted by Gasteiger charge is 2.51. The number of halogens is 2. The van der Waals surface area contributed by atoms with Gasteiger partial charge in [-0.2, -0.15) is 4.31 Å². The Morgan fingerprint density at radius 3 is 2.27 bits per heavy atom. The standard InChI is InChI=1S/C17H18F2N4O2S/c1-10-11(2)20-9-21-17(10)22-7-14-6-15(8-22)23(14)26(24,25)16-4-12(18)3-13(19)5-16/h3-5,9,14-15H,6-8H2,1-2H3. The fraction of sp³-hybridized carbons (Fsp3) is 0.412. The average molecular weight is 380 g/mol. The number of piperidine rings is 1. The largest absolute Gasteiger partial charge is 0.353 e. The molecule has 0 aliphatic carbocycles. The Labute approximate surface area is 150 Å². The number of benzene rings is 1. The minimum Gasteiger partial charge on any atom is -0.353 e. The van der Waals surface area contributed by atoms with Crippen molar-refractivity contribution in [2.24, 2.45) is 0 Å². The Balaban J connectivity index is 1.60. The van der Waals surface area contributed by atoms with E-state index in [-0.39, 0.29) is 17.0 Å². The summed E-state index contributed by atoms with van der Waals surface area (Å²) in [5.74, 6) is -0.994. The van der Waals surface area contributed by atoms with Gasteiger partial charge < -0.3 is 4.90 Å². The molecular formula is C17H18F2N4O2S. The van der Waals surface area contributed by atoms with E-state index in [1.807, 2.05) is 13.8 Å². The van der Waals surface area contributed by atoms with Crippen LogP contribution >= 0.6 is 0 Å². The van der Waals surface area contributed by atoms with E-state index in [0.717, 1.165) is 35.6 Å². The number of sulfonamides is 1. The molecule has 0 saturated carbocycles. The van der Waals surface area contributed by atoms with Crippen molar-refractivity contribution in [1.29, 1.82) is 0 Å². The topological polar surface area (TPSA) is 66.4 Å². The SMILES string of the molecule is Cc1ncnc(N2CC3CC(C2)N3S(=O)(=O)c2cc(F)cc(F)c2)c1C. The zero-order valence-corrected chi connectivity index (χ0v) is 15.2. The first-order valence-electron chi connectivity index (χ1n) is 8.30. The molecule has 9 heteroatoms. The molecule has 138 valence electrons. The molecule has 3 aliphatic rings. The Morgan fingerprint density at radius 2 is 1.65 bits per heavy atom. The minimum atomic E-state index is -3.94. The van der Waals surface area contributed by atoms with E-state index in [4.69, 9.17) is 0 Å². The monoisotopic (exact) mass is 380 g/mol. The lowest BCUT2D eigenvalue weighted by molar-refractivity contribution is 0.0873. The van der Waals surface area contributed by atoms with Gasteiger partial charge in [0.1, 0.15) is 23.8 Å². The van der Waals surface area contributed by atoms with Crippen LogP contribution in [-0.2, 0) is 10.0 Å². The molecule has 3 saturated heterocycles. The van der Waals surface area contributed by atoms with Gasteiger partial charge in [0.05, 0.1) is 4.90 Å². The van der Waals surface area contributed by atoms with Crippen molar-refractivity contribution in [3.8, 4) is 0 Å². The van der Waals surface area contributed by atoms with Gasteiger partial charge in [-0.15, -0.1) is 0 Å². The second-order valence-electron chi connectivity index (χ2n) is 6.80. The number of aryl methyl sites for hydroxylation is 1. The van der Waals surface area contributed by atoms with Gasteiger partial charge in [0.25, 0.3) is 0 Å². The first kappa shape index (κ1) is 17.3. The van der Waals surface area contributed by atoms with E-state index >= 15 is 0 Å². The molecule has 2 atom stereocenters. The molecule has 1 aromatic heterocycles. The van der Waals surface area contributed by atoms with Crippen molar-refractivity contribution < 1.29 is 17.2 Å². The fourth-order valence-electron chi connectivity index (χ4n) is 3.78. The molecule has 0 spiro atoms. The third-order valence-corrected chi connectivity index (χ3v) is 7.13. The van der Waals surface area contributed by atoms with Gasteiger partial charge in [0, 0.05) is 42.5 Å². The number of fused-ring (bicyclic) bond motifs is 2. The summed E-state index contributed by atoms with van der Waals surface area (Å²) in [4.78, 5) is 10.2. The second-order valence-corrected chi connectivity index (χ2v) is 8.64. The number of hydrogen-bond acceptors (Lipinski definition) is 5. The van der Waals surface area contributed by atoms with Crippen LogP contribution in [0.3, 0.4) is 0 Å². The zero-order valence-electron chi connectivity index (χ0n) is 14.4. The first-order chi connectivity index (χ1) is 12.3. The van der Waals surface area contributed by atoms with Gasteiger partial charge in [-0.3, -0.25) is 0 Å². The molecule has 3 fully saturated rings. The van der Waals surface area contributed by atoms with E-state index in [1.54, 1.807) is 0 Å². The van der Waals surface area contributed by atoms with Crippen molar-refractivity contribution in [2.45, 2.75) is 37.2 Å². The normalized spacial score (nSPS) is 23.0. The third-order valence-electron chi connectivity index (χ3n) is 5.15. The van der Waals surface area contributed by atoms with Crippen LogP contribution < -0.4 is 4.90 Å². The summed E-state index contributed by atoms with van der Waals surface area (Å²) in [6.07, 6.45) is 2.23. The summed E-state index contributed by atoms with van der Waals surface area (Å²) in [5, 5.41) is 0. The number of aromatic nitrogens is 2. The number of piperazine rings is 1. The lowest BCUT2D eigenvalue weighted by Gasteiger charge is -2.55. The van der Waals surface area contributed by atoms with Crippen LogP contribution in [0.4, 0.5) is 14.6 Å². The van der Waals surface area contributed by atoms with Gasteiger partial charge in [-0.1, -0.05) is 0 Å². The molecule has 2 unspecified atom stereocenters. The maximum Gasteiger partial charge on any atom is 0.243 e. The van der Waals surface area contributed by atoms with Crippen molar-refractivity contribution in [2.75, 3.05) is 18.0 Å². The summed E-state index contributed by atoms with van der Waals surface area (Å²) in [5.41, 5.74) is 1.85. The second kappa shape index (κ2) is 5.95. The van der Waals surface area contributed by atoms with Gasteiger partial charge in [0.15, 0.2) is 0 Å². The number of nitrogens with zero attached hydrogens (tertiary/aromatic N) is 4. The third kappa shape index (κ3) is 2.66. The predicted molar refractivity (Wildman–Crippen MR) is 91.3 cm³/mol. The number of anilines is 1. The molecule has 0 radical (unpaired) electrons. The van der Waals surface area contributed by atoms with Gasteiger partial charge in [-0.05, 0) is 32.4 Å². The summed E-state index contributed by atoms with van der Waals surface area (Å²) in [6, 6.07) is 1.92. The van der Waals surface area contributed by atoms with Crippen LogP contribution in [0, 0.1) is 25.5 Å². The Bertz CT molecular complexity index is 950. The number of rotatable bonds is 3. The Hall–Kier alpha value is -2.13. The summed E-state index contributed by atoms with van der Waals surface area (Å²) in [6.45, 7) is 4.82. The molecule has 1 aromatic carbocycles. The highest BCUT2D eigenvalue weighted by molar-refractivity contribution is 7.89. The lowest BCUT2D eigenvalue weighted by atomic mass is 9.91. The molecule has 5 rings (SSSR count). The summed E-state index contributed by atoms with van der Waals surface area (Å²) in [7, 11) is -3.94. The molecule has 0 amide bonds. The van der Waals surface area contributed by atoms with Crippen molar-refractivity contribution in [1.82, 2.24) is 14.3 Å². The van der Waals surface area contributed by atoms with E-state index in [1.165, 1.54) is 10.6 Å². The smallest absolute Gasteiger partial charge is 0.243 e. The highest BCUT2D eigenvalue weighted by atomic mass is 32.2. The van der Waals surface area contributed by atoms with Gasteiger partial charge in [-0.25, -0.2) is 27.2 Å². The molecule has 3 aliphatic heterocycles. The number of hydrogen-bond donors (Lipinski definition) is 0. The van der Waals surface area contributed by atoms with Crippen LogP contribution in [0.2, 0.25) is 0 Å². The molecule has 2 bridgehead atoms. The van der Waals surface area contributed by atoms with E-state index < -0.39 is 21.7 Å². The van der Waals surface area contributed by atoms with Crippen LogP contribution in [0.5, 0.6) is 0 Å². The molecule has 0 N–H and O–H groups in total. The van der Waals surface area contributed by atoms with Crippen molar-refractivity contribution >= 4 is 15.8 Å². The summed E-state index contributed by atoms with van der Waals surface area (Å²) >= 11 is 0. The zero-order chi connectivity index (χ0) is 18.6. The summed E-state index contributed by atoms with van der Waals surface area (Å²) < 4.78 is 54.0. The molecule has 6 nitrogen and oxygen atoms in total. The van der Waals surface area contributed by atoms with Crippen LogP contribution in [0.25, 0.3) is 0 Å². The lowest BCUT2D eigenvalue weighted by Crippen LogP contribution is -2.70. The molecule has 2 aromatic rings. The quantitative estimate of drug-likeness (QED) is 0.815. The van der Waals surface area contributed by atoms with Crippen LogP contribution in [0.1, 0.15) is 17.7 Å². The maximum atomic E-state index is 13.5. The predicted octanol–water partition coefficient (Wildman–Crippen LogP) is 2.02. The fourth-order valence-corrected chi connectivity index (χ4v) is 5.64. The van der Waals surface area contributed by atoms with Gasteiger partial charge >= 0.3 is 0 Å². The van der Waals surface area contributed by atoms with E-state index in [9.17, 15) is 17.2 Å². The Kier molecular flexibility index (Phi) is 3.96. The highest BCUT2D eigenvalue weighted by Crippen LogP contribution is 2.39. The van der Waals surface area contributed by atoms with Crippen molar-refractivity contribution in [3.05, 3.63) is 47.4 Å². The molecule has 4 heterocycles. The van der Waals surface area contributed by atoms with E-state index in [2.05, 4.69) is 14.9 Å². The first-order valence-corrected chi connectivity index (χ1v) is 9.74. The van der Waals surface area contributed by atoms with Crippen LogP contribution in [-0.4, -0.2) is 47.9 Å². The molecule has 26 heavy (non-hydrogen) atoms. The molecular weight excluding hydrogens is 362 g/mol. The minimum absolute atomic E-state index is 0.236. The Morgan fingerprint density at radius 1 is 1.04 bits per heavy atom. The van der Waals surface area contributed by atoms with Crippen molar-refractivity contribution in [3.63, 3.8) is 0 Å².